The van der Waals surface area contributed by atoms with E-state index in [2.05, 4.69) is 15.9 Å². The van der Waals surface area contributed by atoms with Crippen molar-refractivity contribution in [3.8, 4) is 0 Å². The van der Waals surface area contributed by atoms with E-state index in [1.165, 1.54) is 33.9 Å². The minimum atomic E-state index is -3.50. The summed E-state index contributed by atoms with van der Waals surface area (Å²) in [6.07, 6.45) is 3.24. The van der Waals surface area contributed by atoms with Crippen LogP contribution in [-0.4, -0.2) is 31.6 Å². The highest BCUT2D eigenvalue weighted by Crippen LogP contribution is 2.21. The maximum atomic E-state index is 12.4. The molecule has 0 radical (unpaired) electrons. The van der Waals surface area contributed by atoms with E-state index in [1.54, 1.807) is 32.1 Å². The van der Waals surface area contributed by atoms with Gasteiger partial charge in [-0.3, -0.25) is 4.79 Å². The number of sulfonamides is 1. The van der Waals surface area contributed by atoms with Gasteiger partial charge in [-0.15, -0.1) is 11.3 Å². The van der Waals surface area contributed by atoms with Crippen molar-refractivity contribution in [3.63, 3.8) is 0 Å². The van der Waals surface area contributed by atoms with Crippen LogP contribution in [0.3, 0.4) is 0 Å². The van der Waals surface area contributed by atoms with E-state index in [4.69, 9.17) is 0 Å². The zero-order valence-electron chi connectivity index (χ0n) is 13.4. The van der Waals surface area contributed by atoms with Crippen molar-refractivity contribution in [3.05, 3.63) is 56.7 Å². The van der Waals surface area contributed by atoms with Gasteiger partial charge in [0, 0.05) is 33.4 Å². The minimum Gasteiger partial charge on any atom is -0.289 e. The summed E-state index contributed by atoms with van der Waals surface area (Å²) in [5, 5.41) is 1.94. The van der Waals surface area contributed by atoms with Crippen LogP contribution in [0.1, 0.15) is 29.1 Å². The largest absolute Gasteiger partial charge is 0.289 e. The first-order valence-corrected chi connectivity index (χ1v) is 10.6. The molecule has 0 spiro atoms. The van der Waals surface area contributed by atoms with Gasteiger partial charge in [-0.1, -0.05) is 13.8 Å². The SMILES string of the molecule is CCN(CC)S(=O)(=O)c1ccc(C(=O)/C=C/c2cc(Br)cs2)cc1. The summed E-state index contributed by atoms with van der Waals surface area (Å²) in [6.45, 7) is 4.43. The predicted molar refractivity (Wildman–Crippen MR) is 102 cm³/mol. The Labute approximate surface area is 155 Å². The lowest BCUT2D eigenvalue weighted by Gasteiger charge is -2.18. The smallest absolute Gasteiger partial charge is 0.243 e. The fourth-order valence-electron chi connectivity index (χ4n) is 2.17. The first-order valence-electron chi connectivity index (χ1n) is 7.45. The number of hydrogen-bond donors (Lipinski definition) is 0. The molecule has 24 heavy (non-hydrogen) atoms. The third-order valence-corrected chi connectivity index (χ3v) is 7.19. The Morgan fingerprint density at radius 2 is 1.83 bits per heavy atom. The van der Waals surface area contributed by atoms with Gasteiger partial charge in [0.05, 0.1) is 4.90 Å². The zero-order valence-corrected chi connectivity index (χ0v) is 16.6. The minimum absolute atomic E-state index is 0.161. The normalized spacial score (nSPS) is 12.2. The Morgan fingerprint density at radius 3 is 2.33 bits per heavy atom. The Balaban J connectivity index is 2.17. The summed E-state index contributed by atoms with van der Waals surface area (Å²) in [5.41, 5.74) is 0.459. The van der Waals surface area contributed by atoms with Gasteiger partial charge in [-0.25, -0.2) is 8.42 Å². The van der Waals surface area contributed by atoms with E-state index in [9.17, 15) is 13.2 Å². The molecule has 0 N–H and O–H groups in total. The molecule has 0 saturated carbocycles. The number of nitrogens with zero attached hydrogens (tertiary/aromatic N) is 1. The van der Waals surface area contributed by atoms with Crippen molar-refractivity contribution in [1.82, 2.24) is 4.31 Å². The Kier molecular flexibility index (Phi) is 6.51. The van der Waals surface area contributed by atoms with Crippen LogP contribution in [0.4, 0.5) is 0 Å². The number of thiophene rings is 1. The second-order valence-corrected chi connectivity index (χ2v) is 8.78. The first-order chi connectivity index (χ1) is 11.4. The summed E-state index contributed by atoms with van der Waals surface area (Å²) < 4.78 is 27.2. The van der Waals surface area contributed by atoms with E-state index in [0.717, 1.165) is 9.35 Å². The highest BCUT2D eigenvalue weighted by atomic mass is 79.9. The molecule has 1 aromatic carbocycles. The molecule has 0 unspecified atom stereocenters. The number of carbonyl (C=O) groups is 1. The molecule has 1 aromatic heterocycles. The van der Waals surface area contributed by atoms with Crippen LogP contribution in [0, 0.1) is 0 Å². The van der Waals surface area contributed by atoms with Crippen LogP contribution in [0.15, 0.2) is 51.2 Å². The van der Waals surface area contributed by atoms with Gasteiger partial charge in [-0.2, -0.15) is 4.31 Å². The van der Waals surface area contributed by atoms with E-state index in [1.807, 2.05) is 11.4 Å². The summed E-state index contributed by atoms with van der Waals surface area (Å²) >= 11 is 4.89. The van der Waals surface area contributed by atoms with Crippen molar-refractivity contribution in [1.29, 1.82) is 0 Å². The number of benzene rings is 1. The highest BCUT2D eigenvalue weighted by Gasteiger charge is 2.21. The molecule has 0 atom stereocenters. The molecule has 0 saturated heterocycles. The van der Waals surface area contributed by atoms with Gasteiger partial charge >= 0.3 is 0 Å². The van der Waals surface area contributed by atoms with Gasteiger partial charge in [0.15, 0.2) is 5.78 Å². The molecule has 0 aliphatic carbocycles. The van der Waals surface area contributed by atoms with Crippen molar-refractivity contribution >= 4 is 49.1 Å². The Bertz CT molecular complexity index is 835. The number of halogens is 1. The van der Waals surface area contributed by atoms with Crippen LogP contribution >= 0.6 is 27.3 Å². The lowest BCUT2D eigenvalue weighted by atomic mass is 10.1. The standard InChI is InChI=1S/C17H18BrNO3S2/c1-3-19(4-2)24(21,22)16-8-5-13(6-9-16)17(20)10-7-15-11-14(18)12-23-15/h5-12H,3-4H2,1-2H3/b10-7+. The Morgan fingerprint density at radius 1 is 1.21 bits per heavy atom. The van der Waals surface area contributed by atoms with Gasteiger partial charge in [0.25, 0.3) is 0 Å². The first kappa shape index (κ1) is 19.1. The predicted octanol–water partition coefficient (Wildman–Crippen LogP) is 4.44. The molecule has 128 valence electrons. The molecule has 0 aliphatic rings. The quantitative estimate of drug-likeness (QED) is 0.484. The molecular formula is C17H18BrNO3S2. The summed E-state index contributed by atoms with van der Waals surface area (Å²) in [7, 11) is -3.50. The van der Waals surface area contributed by atoms with E-state index < -0.39 is 10.0 Å². The lowest BCUT2D eigenvalue weighted by molar-refractivity contribution is 0.104. The second kappa shape index (κ2) is 8.20. The molecule has 2 aromatic rings. The maximum Gasteiger partial charge on any atom is 0.243 e. The van der Waals surface area contributed by atoms with Crippen molar-refractivity contribution in [2.45, 2.75) is 18.7 Å². The van der Waals surface area contributed by atoms with E-state index in [0.29, 0.717) is 18.7 Å². The molecule has 1 heterocycles. The molecule has 2 rings (SSSR count). The fourth-order valence-corrected chi connectivity index (χ4v) is 4.97. The van der Waals surface area contributed by atoms with Gasteiger partial charge in [0.2, 0.25) is 10.0 Å². The molecule has 0 fully saturated rings. The average Bonchev–Trinajstić information content (AvgIpc) is 2.99. The number of carbonyl (C=O) groups excluding carboxylic acids is 1. The van der Waals surface area contributed by atoms with E-state index >= 15 is 0 Å². The number of ketones is 1. The molecule has 7 heteroatoms. The third-order valence-electron chi connectivity index (χ3n) is 3.47. The van der Waals surface area contributed by atoms with Crippen molar-refractivity contribution in [2.75, 3.05) is 13.1 Å². The maximum absolute atomic E-state index is 12.4. The van der Waals surface area contributed by atoms with Crippen molar-refractivity contribution < 1.29 is 13.2 Å². The van der Waals surface area contributed by atoms with Gasteiger partial charge in [0.1, 0.15) is 0 Å². The second-order valence-electron chi connectivity index (χ2n) is 4.98. The van der Waals surface area contributed by atoms with Gasteiger partial charge in [-0.05, 0) is 58.4 Å². The average molecular weight is 428 g/mol. The fraction of sp³-hybridized carbons (Fsp3) is 0.235. The zero-order chi connectivity index (χ0) is 17.7. The molecular weight excluding hydrogens is 410 g/mol. The molecule has 0 amide bonds. The van der Waals surface area contributed by atoms with E-state index in [-0.39, 0.29) is 10.7 Å². The van der Waals surface area contributed by atoms with Crippen LogP contribution in [0.5, 0.6) is 0 Å². The number of rotatable bonds is 7. The molecule has 4 nitrogen and oxygen atoms in total. The third kappa shape index (κ3) is 4.42. The molecule has 0 bridgehead atoms. The molecule has 0 aliphatic heterocycles. The number of hydrogen-bond acceptors (Lipinski definition) is 4. The topological polar surface area (TPSA) is 54.5 Å². The lowest BCUT2D eigenvalue weighted by Crippen LogP contribution is -2.30. The van der Waals surface area contributed by atoms with Gasteiger partial charge < -0.3 is 0 Å². The monoisotopic (exact) mass is 427 g/mol. The van der Waals surface area contributed by atoms with Crippen LogP contribution < -0.4 is 0 Å². The van der Waals surface area contributed by atoms with Crippen LogP contribution in [0.25, 0.3) is 6.08 Å². The van der Waals surface area contributed by atoms with Crippen LogP contribution in [0.2, 0.25) is 0 Å². The summed E-state index contributed by atoms with van der Waals surface area (Å²) in [4.78, 5) is 13.3. The summed E-state index contributed by atoms with van der Waals surface area (Å²) in [6, 6.07) is 7.99. The Hall–Kier alpha value is -1.28. The van der Waals surface area contributed by atoms with Crippen LogP contribution in [-0.2, 0) is 10.0 Å². The number of allylic oxidation sites excluding steroid dienone is 1. The highest BCUT2D eigenvalue weighted by molar-refractivity contribution is 9.10. The summed E-state index contributed by atoms with van der Waals surface area (Å²) in [5.74, 6) is -0.161. The van der Waals surface area contributed by atoms with Crippen molar-refractivity contribution in [2.24, 2.45) is 0 Å².